The van der Waals surface area contributed by atoms with Crippen molar-refractivity contribution < 1.29 is 9.53 Å². The quantitative estimate of drug-likeness (QED) is 0.853. The zero-order chi connectivity index (χ0) is 13.2. The van der Waals surface area contributed by atoms with Crippen molar-refractivity contribution in [1.29, 1.82) is 0 Å². The Kier molecular flexibility index (Phi) is 3.11. The number of carbonyl (C=O) groups is 1. The Hall–Kier alpha value is -2.03. The number of fused-ring (bicyclic) bond motifs is 1. The van der Waals surface area contributed by atoms with E-state index in [4.69, 9.17) is 4.74 Å². The van der Waals surface area contributed by atoms with Gasteiger partial charge >= 0.3 is 5.97 Å². The molecule has 1 fully saturated rings. The molecule has 1 N–H and O–H groups in total. The number of anilines is 1. The number of hydrogen-bond acceptors (Lipinski definition) is 3. The first-order valence-electron chi connectivity index (χ1n) is 6.61. The van der Waals surface area contributed by atoms with Gasteiger partial charge in [-0.3, -0.25) is 0 Å². The maximum absolute atomic E-state index is 11.8. The van der Waals surface area contributed by atoms with Gasteiger partial charge in [-0.25, -0.2) is 4.79 Å². The zero-order valence-corrected chi connectivity index (χ0v) is 10.9. The van der Waals surface area contributed by atoms with Gasteiger partial charge in [0, 0.05) is 5.69 Å². The molecule has 3 rings (SSSR count). The lowest BCUT2D eigenvalue weighted by Crippen LogP contribution is -2.32. The van der Waals surface area contributed by atoms with Gasteiger partial charge in [0.25, 0.3) is 0 Å². The summed E-state index contributed by atoms with van der Waals surface area (Å²) >= 11 is 0. The molecule has 2 aromatic rings. The smallest absolute Gasteiger partial charge is 0.328 e. The second-order valence-electron chi connectivity index (χ2n) is 5.04. The van der Waals surface area contributed by atoms with E-state index >= 15 is 0 Å². The molecule has 0 saturated heterocycles. The molecule has 98 valence electrons. The molecule has 1 saturated carbocycles. The van der Waals surface area contributed by atoms with Crippen LogP contribution in [-0.2, 0) is 9.53 Å². The fourth-order valence-corrected chi connectivity index (χ4v) is 2.38. The number of hydrogen-bond donors (Lipinski definition) is 1. The van der Waals surface area contributed by atoms with Crippen LogP contribution in [0, 0.1) is 5.92 Å². The van der Waals surface area contributed by atoms with Gasteiger partial charge in [0.05, 0.1) is 7.11 Å². The third-order valence-electron chi connectivity index (χ3n) is 3.62. The summed E-state index contributed by atoms with van der Waals surface area (Å²) in [4.78, 5) is 11.8. The number of methoxy groups -OCH3 is 1. The van der Waals surface area contributed by atoms with Crippen LogP contribution >= 0.6 is 0 Å². The Balaban J connectivity index is 1.85. The summed E-state index contributed by atoms with van der Waals surface area (Å²) in [6.07, 6.45) is 2.20. The maximum atomic E-state index is 11.8. The molecule has 0 bridgehead atoms. The average Bonchev–Trinajstić information content (AvgIpc) is 3.28. The van der Waals surface area contributed by atoms with Gasteiger partial charge in [-0.05, 0) is 41.7 Å². The van der Waals surface area contributed by atoms with E-state index in [-0.39, 0.29) is 12.0 Å². The Bertz CT molecular complexity index is 604. The van der Waals surface area contributed by atoms with Gasteiger partial charge in [0.1, 0.15) is 6.04 Å². The standard InChI is InChI=1S/C16H17NO2/c1-19-16(18)15(12-6-7-12)17-14-9-8-11-4-2-3-5-13(11)10-14/h2-5,8-10,12,15,17H,6-7H2,1H3. The minimum atomic E-state index is -0.217. The lowest BCUT2D eigenvalue weighted by atomic mass is 10.1. The van der Waals surface area contributed by atoms with Crippen LogP contribution in [0.25, 0.3) is 10.8 Å². The Labute approximate surface area is 112 Å². The molecule has 1 atom stereocenters. The predicted octanol–water partition coefficient (Wildman–Crippen LogP) is 3.20. The highest BCUT2D eigenvalue weighted by molar-refractivity contribution is 5.87. The van der Waals surface area contributed by atoms with E-state index < -0.39 is 0 Å². The molecule has 2 aromatic carbocycles. The fourth-order valence-electron chi connectivity index (χ4n) is 2.38. The number of benzene rings is 2. The molecule has 0 spiro atoms. The molecular formula is C16H17NO2. The molecule has 1 aliphatic carbocycles. The number of rotatable bonds is 4. The van der Waals surface area contributed by atoms with Crippen LogP contribution in [0.2, 0.25) is 0 Å². The minimum absolute atomic E-state index is 0.171. The summed E-state index contributed by atoms with van der Waals surface area (Å²) in [5, 5.41) is 5.69. The molecule has 0 heterocycles. The average molecular weight is 255 g/mol. The molecule has 3 nitrogen and oxygen atoms in total. The van der Waals surface area contributed by atoms with Gasteiger partial charge < -0.3 is 10.1 Å². The van der Waals surface area contributed by atoms with E-state index in [1.165, 1.54) is 17.9 Å². The van der Waals surface area contributed by atoms with Crippen LogP contribution in [0.5, 0.6) is 0 Å². The van der Waals surface area contributed by atoms with E-state index in [1.54, 1.807) is 0 Å². The van der Waals surface area contributed by atoms with Gasteiger partial charge in [-0.1, -0.05) is 30.3 Å². The van der Waals surface area contributed by atoms with Crippen LogP contribution in [0.3, 0.4) is 0 Å². The van der Waals surface area contributed by atoms with Crippen LogP contribution in [0.4, 0.5) is 5.69 Å². The van der Waals surface area contributed by atoms with Crippen molar-refractivity contribution in [2.45, 2.75) is 18.9 Å². The lowest BCUT2D eigenvalue weighted by molar-refractivity contribution is -0.142. The van der Waals surface area contributed by atoms with Crippen molar-refractivity contribution in [3.8, 4) is 0 Å². The van der Waals surface area contributed by atoms with Crippen molar-refractivity contribution in [2.24, 2.45) is 5.92 Å². The summed E-state index contributed by atoms with van der Waals surface area (Å²) in [6, 6.07) is 14.1. The van der Waals surface area contributed by atoms with Crippen molar-refractivity contribution in [3.05, 3.63) is 42.5 Å². The topological polar surface area (TPSA) is 38.3 Å². The molecular weight excluding hydrogens is 238 g/mol. The van der Waals surface area contributed by atoms with Crippen molar-refractivity contribution in [1.82, 2.24) is 0 Å². The number of nitrogens with one attached hydrogen (secondary N) is 1. The molecule has 1 aliphatic rings. The monoisotopic (exact) mass is 255 g/mol. The molecule has 0 aromatic heterocycles. The van der Waals surface area contributed by atoms with Crippen LogP contribution in [-0.4, -0.2) is 19.1 Å². The third kappa shape index (κ3) is 2.55. The Morgan fingerprint density at radius 2 is 1.95 bits per heavy atom. The Morgan fingerprint density at radius 1 is 1.21 bits per heavy atom. The second-order valence-corrected chi connectivity index (χ2v) is 5.04. The summed E-state index contributed by atoms with van der Waals surface area (Å²) in [6.45, 7) is 0. The van der Waals surface area contributed by atoms with E-state index in [2.05, 4.69) is 29.6 Å². The second kappa shape index (κ2) is 4.92. The SMILES string of the molecule is COC(=O)C(Nc1ccc2ccccc2c1)C1CC1. The normalized spacial score (nSPS) is 16.1. The highest BCUT2D eigenvalue weighted by Gasteiger charge is 2.36. The van der Waals surface area contributed by atoms with Gasteiger partial charge in [-0.15, -0.1) is 0 Å². The summed E-state index contributed by atoms with van der Waals surface area (Å²) in [7, 11) is 1.44. The van der Waals surface area contributed by atoms with Crippen molar-refractivity contribution in [2.75, 3.05) is 12.4 Å². The lowest BCUT2D eigenvalue weighted by Gasteiger charge is -2.17. The fraction of sp³-hybridized carbons (Fsp3) is 0.312. The van der Waals surface area contributed by atoms with Crippen LogP contribution in [0.15, 0.2) is 42.5 Å². The maximum Gasteiger partial charge on any atom is 0.328 e. The summed E-state index contributed by atoms with van der Waals surface area (Å²) < 4.78 is 4.87. The van der Waals surface area contributed by atoms with E-state index in [0.29, 0.717) is 5.92 Å². The molecule has 0 aliphatic heterocycles. The predicted molar refractivity (Wildman–Crippen MR) is 76.1 cm³/mol. The number of carbonyl (C=O) groups excluding carboxylic acids is 1. The first kappa shape index (κ1) is 12.0. The van der Waals surface area contributed by atoms with Crippen LogP contribution in [0.1, 0.15) is 12.8 Å². The molecule has 0 radical (unpaired) electrons. The first-order valence-corrected chi connectivity index (χ1v) is 6.61. The summed E-state index contributed by atoms with van der Waals surface area (Å²) in [5.74, 6) is 0.245. The number of esters is 1. The van der Waals surface area contributed by atoms with Gasteiger partial charge in [0.2, 0.25) is 0 Å². The van der Waals surface area contributed by atoms with Crippen molar-refractivity contribution >= 4 is 22.4 Å². The Morgan fingerprint density at radius 3 is 2.63 bits per heavy atom. The zero-order valence-electron chi connectivity index (χ0n) is 10.9. The third-order valence-corrected chi connectivity index (χ3v) is 3.62. The molecule has 1 unspecified atom stereocenters. The highest BCUT2D eigenvalue weighted by Crippen LogP contribution is 2.35. The van der Waals surface area contributed by atoms with E-state index in [9.17, 15) is 4.79 Å². The minimum Gasteiger partial charge on any atom is -0.467 e. The van der Waals surface area contributed by atoms with Crippen molar-refractivity contribution in [3.63, 3.8) is 0 Å². The largest absolute Gasteiger partial charge is 0.467 e. The molecule has 19 heavy (non-hydrogen) atoms. The molecule has 0 amide bonds. The first-order chi connectivity index (χ1) is 9.28. The van der Waals surface area contributed by atoms with Gasteiger partial charge in [0.15, 0.2) is 0 Å². The van der Waals surface area contributed by atoms with Gasteiger partial charge in [-0.2, -0.15) is 0 Å². The van der Waals surface area contributed by atoms with E-state index in [0.717, 1.165) is 18.5 Å². The summed E-state index contributed by atoms with van der Waals surface area (Å²) in [5.41, 5.74) is 0.973. The van der Waals surface area contributed by atoms with Crippen LogP contribution < -0.4 is 5.32 Å². The number of ether oxygens (including phenoxy) is 1. The molecule has 3 heteroatoms. The van der Waals surface area contributed by atoms with E-state index in [1.807, 2.05) is 18.2 Å². The highest BCUT2D eigenvalue weighted by atomic mass is 16.5.